The van der Waals surface area contributed by atoms with Gasteiger partial charge in [-0.25, -0.2) is 15.1 Å². The van der Waals surface area contributed by atoms with Crippen LogP contribution in [-0.4, -0.2) is 65.5 Å². The summed E-state index contributed by atoms with van der Waals surface area (Å²) in [6.07, 6.45) is 0.844. The molecule has 0 saturated carbocycles. The van der Waals surface area contributed by atoms with Gasteiger partial charge in [0.15, 0.2) is 0 Å². The number of rotatable bonds is 17. The normalized spacial score (nSPS) is 20.6. The highest BCUT2D eigenvalue weighted by molar-refractivity contribution is 6.99. The Labute approximate surface area is 414 Å². The standard InChI is InChI=1S/C56H62N6O8Si/c1-38-34-61(53(64)59-51(38)57)49-31-40(47(68-49)36-66-56(41-21-11-6-12-22-41,42-23-13-7-14-24-42)43-25-15-8-16-26-43)33-58-67-37-48-46(32-50(69-48)62-35-39(2)52(63)60-54(62)65)70-71(55(3,4)5,44-27-17-9-18-28-44)45-29-19-10-20-30-45/h6-30,34-35,40,46-50,58H,31-33,36-37H2,1-5H3,(H2,57,59,64)(H,60,63,65)/t40-,46+,47-,48-,49-,50-/m1/s1. The molecule has 14 nitrogen and oxygen atoms in total. The minimum atomic E-state index is -3.12. The fourth-order valence-electron chi connectivity index (χ4n) is 10.3. The van der Waals surface area contributed by atoms with Crippen molar-refractivity contribution in [3.63, 3.8) is 0 Å². The number of hydroxylamine groups is 1. The first-order chi connectivity index (χ1) is 34.3. The molecule has 15 heteroatoms. The third-order valence-corrected chi connectivity index (χ3v) is 19.0. The number of aryl methyl sites for hydroxylation is 2. The number of benzene rings is 5. The maximum Gasteiger partial charge on any atom is 0.351 e. The molecule has 2 aliphatic rings. The summed E-state index contributed by atoms with van der Waals surface area (Å²) in [6, 6.07) is 51.2. The lowest BCUT2D eigenvalue weighted by Crippen LogP contribution is -2.68. The fourth-order valence-corrected chi connectivity index (χ4v) is 15.0. The van der Waals surface area contributed by atoms with Crippen molar-refractivity contribution in [1.29, 1.82) is 0 Å². The number of hydrogen-bond donors (Lipinski definition) is 3. The highest BCUT2D eigenvalue weighted by Gasteiger charge is 2.54. The van der Waals surface area contributed by atoms with Crippen LogP contribution in [0.1, 0.15) is 73.9 Å². The Morgan fingerprint density at radius 2 is 1.17 bits per heavy atom. The molecule has 0 aliphatic carbocycles. The minimum absolute atomic E-state index is 0.0499. The Morgan fingerprint density at radius 3 is 1.70 bits per heavy atom. The minimum Gasteiger partial charge on any atom is -0.402 e. The molecule has 9 rings (SSSR count). The summed E-state index contributed by atoms with van der Waals surface area (Å²) in [5, 5.41) is 1.85. The summed E-state index contributed by atoms with van der Waals surface area (Å²) < 4.78 is 31.4. The van der Waals surface area contributed by atoms with Crippen molar-refractivity contribution in [2.45, 2.75) is 88.9 Å². The second kappa shape index (κ2) is 21.0. The molecule has 71 heavy (non-hydrogen) atoms. The average Bonchev–Trinajstić information content (AvgIpc) is 3.98. The molecule has 368 valence electrons. The van der Waals surface area contributed by atoms with E-state index in [1.807, 2.05) is 97.9 Å². The molecule has 7 aromatic rings. The van der Waals surface area contributed by atoms with Crippen LogP contribution in [0.25, 0.3) is 0 Å². The van der Waals surface area contributed by atoms with Gasteiger partial charge in [-0.15, -0.1) is 0 Å². The molecule has 2 aliphatic heterocycles. The van der Waals surface area contributed by atoms with Gasteiger partial charge in [-0.3, -0.25) is 23.8 Å². The lowest BCUT2D eigenvalue weighted by molar-refractivity contribution is -0.0973. The third kappa shape index (κ3) is 10.0. The highest BCUT2D eigenvalue weighted by atomic mass is 28.4. The van der Waals surface area contributed by atoms with Gasteiger partial charge >= 0.3 is 11.4 Å². The van der Waals surface area contributed by atoms with E-state index in [0.29, 0.717) is 30.5 Å². The van der Waals surface area contributed by atoms with Gasteiger partial charge < -0.3 is 24.4 Å². The van der Waals surface area contributed by atoms with Crippen molar-refractivity contribution >= 4 is 24.5 Å². The predicted octanol–water partition coefficient (Wildman–Crippen LogP) is 6.66. The quantitative estimate of drug-likeness (QED) is 0.0386. The number of nitrogens with two attached hydrogens (primary N) is 1. The van der Waals surface area contributed by atoms with Gasteiger partial charge in [0.2, 0.25) is 0 Å². The van der Waals surface area contributed by atoms with E-state index < -0.39 is 61.6 Å². The Morgan fingerprint density at radius 1 is 0.676 bits per heavy atom. The summed E-state index contributed by atoms with van der Waals surface area (Å²) in [5.41, 5.74) is 10.7. The third-order valence-electron chi connectivity index (χ3n) is 13.9. The van der Waals surface area contributed by atoms with E-state index in [9.17, 15) is 14.4 Å². The van der Waals surface area contributed by atoms with Crippen molar-refractivity contribution in [3.8, 4) is 0 Å². The molecule has 0 bridgehead atoms. The maximum absolute atomic E-state index is 13.4. The van der Waals surface area contributed by atoms with E-state index in [-0.39, 0.29) is 30.0 Å². The van der Waals surface area contributed by atoms with Gasteiger partial charge in [0.1, 0.15) is 30.0 Å². The molecule has 0 radical (unpaired) electrons. The molecule has 5 aromatic carbocycles. The van der Waals surface area contributed by atoms with Crippen LogP contribution in [0, 0.1) is 19.8 Å². The highest BCUT2D eigenvalue weighted by Crippen LogP contribution is 2.44. The predicted molar refractivity (Wildman–Crippen MR) is 276 cm³/mol. The number of H-pyrrole nitrogens is 1. The van der Waals surface area contributed by atoms with Crippen molar-refractivity contribution in [2.24, 2.45) is 5.92 Å². The first-order valence-corrected chi connectivity index (χ1v) is 26.1. The second-order valence-corrected chi connectivity index (χ2v) is 23.8. The van der Waals surface area contributed by atoms with E-state index in [1.54, 1.807) is 13.1 Å². The topological polar surface area (TPSA) is 174 Å². The van der Waals surface area contributed by atoms with Crippen LogP contribution in [0.4, 0.5) is 5.82 Å². The zero-order chi connectivity index (χ0) is 49.8. The molecule has 6 atom stereocenters. The lowest BCUT2D eigenvalue weighted by atomic mass is 9.80. The van der Waals surface area contributed by atoms with Gasteiger partial charge in [-0.1, -0.05) is 172 Å². The smallest absolute Gasteiger partial charge is 0.351 e. The maximum atomic E-state index is 13.4. The van der Waals surface area contributed by atoms with Crippen molar-refractivity contribution in [3.05, 3.63) is 223 Å². The van der Waals surface area contributed by atoms with Crippen molar-refractivity contribution in [2.75, 3.05) is 25.5 Å². The number of nitrogen functional groups attached to an aromatic ring is 1. The van der Waals surface area contributed by atoms with Crippen LogP contribution < -0.4 is 38.5 Å². The number of ether oxygens (including phenoxy) is 3. The molecular weight excluding hydrogens is 913 g/mol. The Kier molecular flexibility index (Phi) is 14.6. The van der Waals surface area contributed by atoms with Crippen LogP contribution in [0.2, 0.25) is 5.04 Å². The molecule has 0 unspecified atom stereocenters. The Hall–Kier alpha value is -6.56. The summed E-state index contributed by atoms with van der Waals surface area (Å²) in [5.74, 6) is -0.0582. The molecular formula is C56H62N6O8Si. The van der Waals surface area contributed by atoms with E-state index in [0.717, 1.165) is 27.1 Å². The van der Waals surface area contributed by atoms with E-state index in [2.05, 4.69) is 96.9 Å². The van der Waals surface area contributed by atoms with Gasteiger partial charge in [0.05, 0.1) is 25.4 Å². The van der Waals surface area contributed by atoms with Crippen LogP contribution in [0.15, 0.2) is 178 Å². The molecule has 4 N–H and O–H groups in total. The zero-order valence-electron chi connectivity index (χ0n) is 40.8. The van der Waals surface area contributed by atoms with Gasteiger partial charge in [-0.2, -0.15) is 4.98 Å². The van der Waals surface area contributed by atoms with Crippen molar-refractivity contribution in [1.82, 2.24) is 24.6 Å². The molecule has 2 saturated heterocycles. The molecule has 0 amide bonds. The van der Waals surface area contributed by atoms with Gasteiger partial charge in [0, 0.05) is 42.4 Å². The Bertz CT molecular complexity index is 2920. The van der Waals surface area contributed by atoms with Gasteiger partial charge in [0.25, 0.3) is 13.9 Å². The summed E-state index contributed by atoms with van der Waals surface area (Å²) in [4.78, 5) is 52.2. The summed E-state index contributed by atoms with van der Waals surface area (Å²) in [7, 11) is -3.12. The zero-order valence-corrected chi connectivity index (χ0v) is 41.8. The van der Waals surface area contributed by atoms with Crippen LogP contribution >= 0.6 is 0 Å². The summed E-state index contributed by atoms with van der Waals surface area (Å²) in [6.45, 7) is 10.6. The number of aromatic amines is 1. The lowest BCUT2D eigenvalue weighted by Gasteiger charge is -2.45. The SMILES string of the molecule is Cc1cn([C@H]2C[C@H](CNOC[C@H]3O[C@@H](n4cc(C)c(=O)[nH]c4=O)C[C@@H]3O[Si](c3ccccc3)(c3ccccc3)C(C)(C)C)[C@@H](COC(c3ccccc3)(c3ccccc3)c3ccccc3)O2)c(=O)nc1N. The molecule has 0 spiro atoms. The first kappa shape index (κ1) is 49.4. The molecule has 4 heterocycles. The second-order valence-electron chi connectivity index (χ2n) is 19.5. The number of nitrogens with zero attached hydrogens (tertiary/aromatic N) is 3. The monoisotopic (exact) mass is 974 g/mol. The van der Waals surface area contributed by atoms with Crippen LogP contribution in [-0.2, 0) is 29.1 Å². The summed E-state index contributed by atoms with van der Waals surface area (Å²) >= 11 is 0. The van der Waals surface area contributed by atoms with Crippen LogP contribution in [0.3, 0.4) is 0 Å². The van der Waals surface area contributed by atoms with E-state index in [4.69, 9.17) is 29.2 Å². The van der Waals surface area contributed by atoms with Crippen LogP contribution in [0.5, 0.6) is 0 Å². The number of aromatic nitrogens is 4. The fraction of sp³-hybridized carbons (Fsp3) is 0.321. The van der Waals surface area contributed by atoms with Crippen molar-refractivity contribution < 1.29 is 23.5 Å². The Balaban J connectivity index is 1.01. The first-order valence-electron chi connectivity index (χ1n) is 24.2. The number of nitrogens with one attached hydrogen (secondary N) is 2. The van der Waals surface area contributed by atoms with E-state index in [1.165, 1.54) is 15.3 Å². The van der Waals surface area contributed by atoms with Gasteiger partial charge in [-0.05, 0) is 52.4 Å². The molecule has 2 fully saturated rings. The molecule has 2 aromatic heterocycles. The largest absolute Gasteiger partial charge is 0.402 e. The number of anilines is 1. The number of hydrogen-bond acceptors (Lipinski definition) is 11. The van der Waals surface area contributed by atoms with E-state index >= 15 is 0 Å². The average molecular weight is 975 g/mol.